The lowest BCUT2D eigenvalue weighted by atomic mass is 10.2. The molecule has 7 heteroatoms. The van der Waals surface area contributed by atoms with Crippen molar-refractivity contribution in [1.29, 1.82) is 0 Å². The maximum Gasteiger partial charge on any atom is 0.280 e. The fourth-order valence-electron chi connectivity index (χ4n) is 1.54. The number of aromatic nitrogens is 3. The van der Waals surface area contributed by atoms with E-state index < -0.39 is 0 Å². The van der Waals surface area contributed by atoms with E-state index >= 15 is 0 Å². The van der Waals surface area contributed by atoms with Crippen LogP contribution in [0.1, 0.15) is 51.4 Å². The van der Waals surface area contributed by atoms with E-state index in [1.807, 2.05) is 0 Å². The van der Waals surface area contributed by atoms with Gasteiger partial charge in [0.1, 0.15) is 10.0 Å². The van der Waals surface area contributed by atoms with E-state index in [0.29, 0.717) is 23.9 Å². The molecule has 5 nitrogen and oxygen atoms in total. The largest absolute Gasteiger partial charge is 0.350 e. The Hall–Kier alpha value is -1.34. The van der Waals surface area contributed by atoms with Gasteiger partial charge in [-0.2, -0.15) is 0 Å². The van der Waals surface area contributed by atoms with E-state index in [0.717, 1.165) is 21.3 Å². The third kappa shape index (κ3) is 3.83. The highest BCUT2D eigenvalue weighted by Gasteiger charge is 2.11. The molecule has 2 rings (SSSR count). The predicted octanol–water partition coefficient (Wildman–Crippen LogP) is 2.65. The topological polar surface area (TPSA) is 67.8 Å². The predicted molar refractivity (Wildman–Crippen MR) is 81.5 cm³/mol. The third-order valence-corrected chi connectivity index (χ3v) is 5.12. The molecule has 0 saturated heterocycles. The van der Waals surface area contributed by atoms with Gasteiger partial charge in [0.05, 0.1) is 0 Å². The van der Waals surface area contributed by atoms with Crippen molar-refractivity contribution in [2.24, 2.45) is 0 Å². The molecule has 0 atom stereocenters. The van der Waals surface area contributed by atoms with Crippen molar-refractivity contribution >= 4 is 28.6 Å². The minimum Gasteiger partial charge on any atom is -0.350 e. The Morgan fingerprint density at radius 1 is 1.35 bits per heavy atom. The van der Waals surface area contributed by atoms with Crippen LogP contribution in [-0.4, -0.2) is 27.6 Å². The summed E-state index contributed by atoms with van der Waals surface area (Å²) in [7, 11) is 0. The van der Waals surface area contributed by atoms with Gasteiger partial charge in [0.15, 0.2) is 5.01 Å². The van der Waals surface area contributed by atoms with E-state index in [-0.39, 0.29) is 5.91 Å². The average molecular weight is 310 g/mol. The fraction of sp³-hybridized carbons (Fsp3) is 0.538. The van der Waals surface area contributed by atoms with Crippen LogP contribution in [0.15, 0.2) is 6.20 Å². The first-order chi connectivity index (χ1) is 9.60. The molecule has 1 N–H and O–H groups in total. The minimum absolute atomic E-state index is 0.108. The number of carbonyl (C=O) groups excluding carboxylic acids is 1. The summed E-state index contributed by atoms with van der Waals surface area (Å²) in [6.07, 6.45) is 3.38. The average Bonchev–Trinajstić information content (AvgIpc) is 3.07. The molecule has 0 bridgehead atoms. The molecule has 2 aromatic rings. The smallest absolute Gasteiger partial charge is 0.280 e. The molecule has 0 radical (unpaired) electrons. The van der Waals surface area contributed by atoms with Crippen LogP contribution in [0.5, 0.6) is 0 Å². The van der Waals surface area contributed by atoms with Crippen molar-refractivity contribution in [3.63, 3.8) is 0 Å². The Morgan fingerprint density at radius 2 is 2.15 bits per heavy atom. The van der Waals surface area contributed by atoms with Gasteiger partial charge in [-0.15, -0.1) is 32.9 Å². The van der Waals surface area contributed by atoms with E-state index in [2.05, 4.69) is 41.3 Å². The van der Waals surface area contributed by atoms with E-state index in [1.165, 1.54) is 11.3 Å². The molecule has 0 saturated carbocycles. The molecule has 0 aliphatic rings. The highest BCUT2D eigenvalue weighted by Crippen LogP contribution is 2.19. The Labute approximate surface area is 126 Å². The fourth-order valence-corrected chi connectivity index (χ4v) is 3.15. The Kier molecular flexibility index (Phi) is 5.19. The molecule has 0 spiro atoms. The van der Waals surface area contributed by atoms with Gasteiger partial charge in [-0.1, -0.05) is 20.8 Å². The maximum absolute atomic E-state index is 11.9. The number of hydrogen-bond acceptors (Lipinski definition) is 6. The summed E-state index contributed by atoms with van der Waals surface area (Å²) in [5.41, 5.74) is 0. The monoisotopic (exact) mass is 310 g/mol. The van der Waals surface area contributed by atoms with Crippen LogP contribution in [0.3, 0.4) is 0 Å². The molecule has 2 heterocycles. The maximum atomic E-state index is 11.9. The van der Waals surface area contributed by atoms with Gasteiger partial charge in [0.2, 0.25) is 0 Å². The molecule has 0 unspecified atom stereocenters. The van der Waals surface area contributed by atoms with Crippen molar-refractivity contribution in [2.75, 3.05) is 6.54 Å². The minimum atomic E-state index is -0.108. The van der Waals surface area contributed by atoms with Crippen molar-refractivity contribution < 1.29 is 4.79 Å². The SMILES string of the molecule is CCc1cnc(C(=O)NCCc2nnc(C(C)C)s2)s1. The Balaban J connectivity index is 1.81. The van der Waals surface area contributed by atoms with Crippen LogP contribution in [0.25, 0.3) is 0 Å². The molecular formula is C13H18N4OS2. The summed E-state index contributed by atoms with van der Waals surface area (Å²) in [6, 6.07) is 0. The zero-order valence-corrected chi connectivity index (χ0v) is 13.5. The number of aryl methyl sites for hydroxylation is 1. The molecule has 0 aliphatic carbocycles. The molecular weight excluding hydrogens is 292 g/mol. The van der Waals surface area contributed by atoms with E-state index in [1.54, 1.807) is 17.5 Å². The van der Waals surface area contributed by atoms with Crippen molar-refractivity contribution in [3.8, 4) is 0 Å². The van der Waals surface area contributed by atoms with Gasteiger partial charge in [0.25, 0.3) is 5.91 Å². The standard InChI is InChI=1S/C13H18N4OS2/c1-4-9-7-15-13(19-9)11(18)14-6-5-10-16-17-12(20-10)8(2)3/h7-8H,4-6H2,1-3H3,(H,14,18). The summed E-state index contributed by atoms with van der Waals surface area (Å²) in [4.78, 5) is 17.1. The second-order valence-electron chi connectivity index (χ2n) is 4.68. The number of rotatable bonds is 6. The first-order valence-corrected chi connectivity index (χ1v) is 8.28. The van der Waals surface area contributed by atoms with Gasteiger partial charge in [-0.05, 0) is 6.42 Å². The van der Waals surface area contributed by atoms with E-state index in [9.17, 15) is 4.79 Å². The summed E-state index contributed by atoms with van der Waals surface area (Å²) >= 11 is 3.06. The van der Waals surface area contributed by atoms with Crippen molar-refractivity contribution in [1.82, 2.24) is 20.5 Å². The number of nitrogens with zero attached hydrogens (tertiary/aromatic N) is 3. The molecule has 0 aliphatic heterocycles. The molecule has 108 valence electrons. The summed E-state index contributed by atoms with van der Waals surface area (Å²) < 4.78 is 0. The zero-order chi connectivity index (χ0) is 14.5. The first-order valence-electron chi connectivity index (χ1n) is 6.65. The second-order valence-corrected chi connectivity index (χ2v) is 6.89. The van der Waals surface area contributed by atoms with Crippen molar-refractivity contribution in [2.45, 2.75) is 39.5 Å². The number of hydrogen-bond donors (Lipinski definition) is 1. The quantitative estimate of drug-likeness (QED) is 0.890. The number of nitrogens with one attached hydrogen (secondary N) is 1. The zero-order valence-electron chi connectivity index (χ0n) is 11.8. The number of thiazole rings is 1. The highest BCUT2D eigenvalue weighted by molar-refractivity contribution is 7.13. The summed E-state index contributed by atoms with van der Waals surface area (Å²) in [5, 5.41) is 13.7. The normalized spacial score (nSPS) is 11.0. The molecule has 20 heavy (non-hydrogen) atoms. The van der Waals surface area contributed by atoms with Crippen LogP contribution in [0.2, 0.25) is 0 Å². The van der Waals surface area contributed by atoms with Crippen LogP contribution < -0.4 is 5.32 Å². The molecule has 0 aromatic carbocycles. The second kappa shape index (κ2) is 6.90. The lowest BCUT2D eigenvalue weighted by molar-refractivity contribution is 0.0954. The number of amides is 1. The highest BCUT2D eigenvalue weighted by atomic mass is 32.1. The van der Waals surface area contributed by atoms with Crippen LogP contribution in [-0.2, 0) is 12.8 Å². The molecule has 0 fully saturated rings. The lowest BCUT2D eigenvalue weighted by Crippen LogP contribution is -2.25. The first kappa shape index (κ1) is 15.1. The van der Waals surface area contributed by atoms with Gasteiger partial charge in [0, 0.05) is 30.0 Å². The van der Waals surface area contributed by atoms with Crippen LogP contribution in [0, 0.1) is 0 Å². The third-order valence-electron chi connectivity index (χ3n) is 2.70. The van der Waals surface area contributed by atoms with Gasteiger partial charge < -0.3 is 5.32 Å². The van der Waals surface area contributed by atoms with Gasteiger partial charge >= 0.3 is 0 Å². The Bertz CT molecular complexity index is 576. The van der Waals surface area contributed by atoms with Gasteiger partial charge in [-0.3, -0.25) is 4.79 Å². The van der Waals surface area contributed by atoms with Gasteiger partial charge in [-0.25, -0.2) is 4.98 Å². The summed E-state index contributed by atoms with van der Waals surface area (Å²) in [5.74, 6) is 0.293. The molecule has 1 amide bonds. The van der Waals surface area contributed by atoms with Crippen molar-refractivity contribution in [3.05, 3.63) is 26.1 Å². The van der Waals surface area contributed by atoms with E-state index in [4.69, 9.17) is 0 Å². The van der Waals surface area contributed by atoms with Crippen LogP contribution in [0.4, 0.5) is 0 Å². The number of carbonyl (C=O) groups is 1. The van der Waals surface area contributed by atoms with Crippen LogP contribution >= 0.6 is 22.7 Å². The Morgan fingerprint density at radius 3 is 2.75 bits per heavy atom. The summed E-state index contributed by atoms with van der Waals surface area (Å²) in [6.45, 7) is 6.81. The molecule has 2 aromatic heterocycles. The lowest BCUT2D eigenvalue weighted by Gasteiger charge is -2.00.